The molecular weight excluding hydrogens is 283 g/mol. The molecule has 1 aromatic carbocycles. The highest BCUT2D eigenvalue weighted by Crippen LogP contribution is 2.32. The number of benzene rings is 1. The Bertz CT molecular complexity index is 600. The molecule has 0 bridgehead atoms. The molecule has 7 heteroatoms. The minimum absolute atomic E-state index is 0.0109. The molecule has 0 radical (unpaired) electrons. The van der Waals surface area contributed by atoms with Gasteiger partial charge >= 0.3 is 0 Å². The number of nitrogens with zero attached hydrogens (tertiary/aromatic N) is 1. The van der Waals surface area contributed by atoms with Crippen molar-refractivity contribution in [3.63, 3.8) is 0 Å². The van der Waals surface area contributed by atoms with E-state index in [0.29, 0.717) is 5.56 Å². The minimum Gasteiger partial charge on any atom is -0.396 e. The first kappa shape index (κ1) is 15.2. The van der Waals surface area contributed by atoms with E-state index in [1.807, 2.05) is 0 Å². The molecule has 1 aliphatic carbocycles. The van der Waals surface area contributed by atoms with Gasteiger partial charge in [-0.25, -0.2) is 12.8 Å². The fraction of sp³-hybridized carbons (Fsp3) is 0.538. The van der Waals surface area contributed by atoms with Crippen molar-refractivity contribution in [2.24, 2.45) is 0 Å². The number of hydrogen-bond acceptors (Lipinski definition) is 4. The van der Waals surface area contributed by atoms with E-state index in [2.05, 4.69) is 0 Å². The molecule has 0 aliphatic heterocycles. The molecule has 0 aromatic heterocycles. The predicted octanol–water partition coefficient (Wildman–Crippen LogP) is 1.25. The summed E-state index contributed by atoms with van der Waals surface area (Å²) in [6.07, 6.45) is 2.55. The van der Waals surface area contributed by atoms with Gasteiger partial charge in [-0.3, -0.25) is 0 Å². The van der Waals surface area contributed by atoms with Crippen LogP contribution in [0.25, 0.3) is 0 Å². The zero-order valence-electron chi connectivity index (χ0n) is 11.3. The summed E-state index contributed by atoms with van der Waals surface area (Å²) >= 11 is 0. The van der Waals surface area contributed by atoms with Crippen LogP contribution in [-0.2, 0) is 10.0 Å². The highest BCUT2D eigenvalue weighted by molar-refractivity contribution is 7.89. The Labute approximate surface area is 118 Å². The smallest absolute Gasteiger partial charge is 0.243 e. The van der Waals surface area contributed by atoms with Gasteiger partial charge in [-0.1, -0.05) is 6.42 Å². The van der Waals surface area contributed by atoms with Gasteiger partial charge in [0.15, 0.2) is 0 Å². The van der Waals surface area contributed by atoms with Crippen LogP contribution in [-0.4, -0.2) is 37.0 Å². The average molecular weight is 302 g/mol. The normalized spacial score (nSPS) is 16.4. The van der Waals surface area contributed by atoms with Gasteiger partial charge in [0.05, 0.1) is 17.2 Å². The third kappa shape index (κ3) is 2.65. The maximum Gasteiger partial charge on any atom is 0.243 e. The molecule has 0 spiro atoms. The van der Waals surface area contributed by atoms with Gasteiger partial charge in [0, 0.05) is 12.6 Å². The SMILES string of the molecule is Cc1cc(F)c(N)cc1S(=O)(=O)N(CCO)C1CCC1. The number of hydrogen-bond donors (Lipinski definition) is 2. The van der Waals surface area contributed by atoms with Crippen LogP contribution in [0.15, 0.2) is 17.0 Å². The van der Waals surface area contributed by atoms with Gasteiger partial charge in [0.2, 0.25) is 10.0 Å². The van der Waals surface area contributed by atoms with Gasteiger partial charge in [-0.05, 0) is 37.5 Å². The molecule has 0 atom stereocenters. The number of aliphatic hydroxyl groups excluding tert-OH is 1. The average Bonchev–Trinajstić information content (AvgIpc) is 2.30. The number of rotatable bonds is 5. The van der Waals surface area contributed by atoms with Crippen LogP contribution >= 0.6 is 0 Å². The van der Waals surface area contributed by atoms with Crippen LogP contribution < -0.4 is 5.73 Å². The maximum atomic E-state index is 13.4. The minimum atomic E-state index is -3.77. The maximum absolute atomic E-state index is 13.4. The quantitative estimate of drug-likeness (QED) is 0.802. The summed E-state index contributed by atoms with van der Waals surface area (Å²) in [5.41, 5.74) is 5.61. The molecule has 20 heavy (non-hydrogen) atoms. The zero-order chi connectivity index (χ0) is 14.9. The van der Waals surface area contributed by atoms with Crippen molar-refractivity contribution in [3.05, 3.63) is 23.5 Å². The van der Waals surface area contributed by atoms with E-state index in [1.165, 1.54) is 11.2 Å². The Kier molecular flexibility index (Phi) is 4.31. The predicted molar refractivity (Wildman–Crippen MR) is 74.2 cm³/mol. The number of anilines is 1. The van der Waals surface area contributed by atoms with Crippen molar-refractivity contribution in [2.45, 2.75) is 37.1 Å². The Balaban J connectivity index is 2.44. The van der Waals surface area contributed by atoms with Crippen molar-refractivity contribution in [1.29, 1.82) is 0 Å². The Morgan fingerprint density at radius 2 is 2.10 bits per heavy atom. The lowest BCUT2D eigenvalue weighted by atomic mass is 9.93. The van der Waals surface area contributed by atoms with Gasteiger partial charge < -0.3 is 10.8 Å². The summed E-state index contributed by atoms with van der Waals surface area (Å²) in [4.78, 5) is 0.0109. The molecule has 1 fully saturated rings. The zero-order valence-corrected chi connectivity index (χ0v) is 12.2. The van der Waals surface area contributed by atoms with Crippen LogP contribution in [0, 0.1) is 12.7 Å². The second-order valence-electron chi connectivity index (χ2n) is 5.06. The lowest BCUT2D eigenvalue weighted by molar-refractivity contribution is 0.178. The molecule has 1 saturated carbocycles. The topological polar surface area (TPSA) is 83.6 Å². The Morgan fingerprint density at radius 1 is 1.45 bits per heavy atom. The first-order valence-corrected chi connectivity index (χ1v) is 8.00. The lowest BCUT2D eigenvalue weighted by Crippen LogP contribution is -2.45. The number of sulfonamides is 1. The lowest BCUT2D eigenvalue weighted by Gasteiger charge is -2.36. The van der Waals surface area contributed by atoms with Crippen LogP contribution in [0.4, 0.5) is 10.1 Å². The highest BCUT2D eigenvalue weighted by Gasteiger charge is 2.35. The largest absolute Gasteiger partial charge is 0.396 e. The third-order valence-electron chi connectivity index (χ3n) is 3.68. The van der Waals surface area contributed by atoms with Gasteiger partial charge in [-0.2, -0.15) is 4.31 Å². The first-order chi connectivity index (χ1) is 9.37. The van der Waals surface area contributed by atoms with Crippen molar-refractivity contribution in [3.8, 4) is 0 Å². The Morgan fingerprint density at radius 3 is 2.60 bits per heavy atom. The van der Waals surface area contributed by atoms with Crippen molar-refractivity contribution in [1.82, 2.24) is 4.31 Å². The molecule has 2 rings (SSSR count). The Hall–Kier alpha value is -1.18. The van der Waals surface area contributed by atoms with E-state index in [9.17, 15) is 12.8 Å². The molecule has 0 heterocycles. The van der Waals surface area contributed by atoms with Crippen LogP contribution in [0.2, 0.25) is 0 Å². The van der Waals surface area contributed by atoms with Crippen molar-refractivity contribution < 1.29 is 17.9 Å². The molecule has 0 saturated heterocycles. The summed E-state index contributed by atoms with van der Waals surface area (Å²) in [5.74, 6) is -0.626. The van der Waals surface area contributed by atoms with E-state index in [1.54, 1.807) is 0 Å². The summed E-state index contributed by atoms with van der Waals surface area (Å²) in [6.45, 7) is 1.34. The molecular formula is C13H19FN2O3S. The number of aliphatic hydroxyl groups is 1. The molecule has 1 aliphatic rings. The summed E-state index contributed by atoms with van der Waals surface area (Å²) in [6, 6.07) is 2.20. The number of halogens is 1. The number of nitrogens with two attached hydrogens (primary N) is 1. The van der Waals surface area contributed by atoms with Crippen LogP contribution in [0.3, 0.4) is 0 Å². The molecule has 112 valence electrons. The van der Waals surface area contributed by atoms with E-state index in [4.69, 9.17) is 10.8 Å². The molecule has 0 unspecified atom stereocenters. The van der Waals surface area contributed by atoms with E-state index in [-0.39, 0.29) is 29.8 Å². The second kappa shape index (κ2) is 5.67. The fourth-order valence-corrected chi connectivity index (χ4v) is 4.26. The van der Waals surface area contributed by atoms with Crippen LogP contribution in [0.1, 0.15) is 24.8 Å². The molecule has 3 N–H and O–H groups in total. The summed E-state index contributed by atoms with van der Waals surface area (Å²) in [5, 5.41) is 9.09. The van der Waals surface area contributed by atoms with Gasteiger partial charge in [0.25, 0.3) is 0 Å². The van der Waals surface area contributed by atoms with Crippen molar-refractivity contribution >= 4 is 15.7 Å². The van der Waals surface area contributed by atoms with E-state index < -0.39 is 15.8 Å². The van der Waals surface area contributed by atoms with Crippen molar-refractivity contribution in [2.75, 3.05) is 18.9 Å². The monoisotopic (exact) mass is 302 g/mol. The second-order valence-corrected chi connectivity index (χ2v) is 6.92. The summed E-state index contributed by atoms with van der Waals surface area (Å²) < 4.78 is 40.0. The standard InChI is InChI=1S/C13H19FN2O3S/c1-9-7-11(14)12(15)8-13(9)20(18,19)16(5-6-17)10-3-2-4-10/h7-8,10,17H,2-6,15H2,1H3. The van der Waals surface area contributed by atoms with Gasteiger partial charge in [-0.15, -0.1) is 0 Å². The number of nitrogen functional groups attached to an aromatic ring is 1. The molecule has 5 nitrogen and oxygen atoms in total. The van der Waals surface area contributed by atoms with E-state index in [0.717, 1.165) is 31.4 Å². The number of aryl methyl sites for hydroxylation is 1. The van der Waals surface area contributed by atoms with E-state index >= 15 is 0 Å². The fourth-order valence-electron chi connectivity index (χ4n) is 2.35. The van der Waals surface area contributed by atoms with Gasteiger partial charge in [0.1, 0.15) is 5.82 Å². The third-order valence-corrected chi connectivity index (χ3v) is 5.78. The highest BCUT2D eigenvalue weighted by atomic mass is 32.2. The molecule has 1 aromatic rings. The first-order valence-electron chi connectivity index (χ1n) is 6.56. The molecule has 0 amide bonds. The summed E-state index contributed by atoms with van der Waals surface area (Å²) in [7, 11) is -3.77. The van der Waals surface area contributed by atoms with Crippen LogP contribution in [0.5, 0.6) is 0 Å².